The van der Waals surface area contributed by atoms with Gasteiger partial charge in [0.25, 0.3) is 0 Å². The molecule has 0 saturated heterocycles. The van der Waals surface area contributed by atoms with E-state index in [1.807, 2.05) is 6.92 Å². The lowest BCUT2D eigenvalue weighted by Crippen LogP contribution is -2.08. The smallest absolute Gasteiger partial charge is 0.212 e. The molecular formula is C13H12F2N2. The second-order valence-electron chi connectivity index (χ2n) is 3.76. The zero-order chi connectivity index (χ0) is 12.3. The monoisotopic (exact) mass is 234 g/mol. The predicted octanol–water partition coefficient (Wildman–Crippen LogP) is 3.53. The summed E-state index contributed by atoms with van der Waals surface area (Å²) in [5, 5.41) is 3.06. The van der Waals surface area contributed by atoms with Gasteiger partial charge < -0.3 is 5.32 Å². The van der Waals surface area contributed by atoms with Crippen molar-refractivity contribution in [2.75, 3.05) is 5.32 Å². The van der Waals surface area contributed by atoms with Gasteiger partial charge in [0.05, 0.1) is 17.9 Å². The molecule has 2 aromatic rings. The van der Waals surface area contributed by atoms with Crippen molar-refractivity contribution >= 4 is 5.69 Å². The van der Waals surface area contributed by atoms with E-state index in [2.05, 4.69) is 10.3 Å². The van der Waals surface area contributed by atoms with Crippen LogP contribution in [0, 0.1) is 11.8 Å². The second-order valence-corrected chi connectivity index (χ2v) is 3.76. The fourth-order valence-corrected chi connectivity index (χ4v) is 1.62. The Bertz CT molecular complexity index is 497. The van der Waals surface area contributed by atoms with Gasteiger partial charge >= 0.3 is 0 Å². The largest absolute Gasteiger partial charge is 0.377 e. The third-order valence-electron chi connectivity index (χ3n) is 2.48. The van der Waals surface area contributed by atoms with E-state index in [4.69, 9.17) is 0 Å². The maximum absolute atomic E-state index is 13.5. The topological polar surface area (TPSA) is 24.9 Å². The fraction of sp³-hybridized carbons (Fsp3) is 0.154. The van der Waals surface area contributed by atoms with E-state index in [9.17, 15) is 8.78 Å². The molecule has 2 nitrogen and oxygen atoms in total. The molecule has 1 aromatic heterocycles. The van der Waals surface area contributed by atoms with Crippen LogP contribution in [0.2, 0.25) is 0 Å². The zero-order valence-corrected chi connectivity index (χ0v) is 9.32. The third-order valence-corrected chi connectivity index (χ3v) is 2.48. The van der Waals surface area contributed by atoms with E-state index in [0.29, 0.717) is 11.3 Å². The Morgan fingerprint density at radius 2 is 1.88 bits per heavy atom. The molecule has 0 fully saturated rings. The van der Waals surface area contributed by atoms with Crippen molar-refractivity contribution in [2.45, 2.75) is 13.0 Å². The Morgan fingerprint density at radius 3 is 2.53 bits per heavy atom. The molecule has 88 valence electrons. The van der Waals surface area contributed by atoms with Crippen LogP contribution in [0.5, 0.6) is 0 Å². The van der Waals surface area contributed by atoms with Crippen molar-refractivity contribution in [2.24, 2.45) is 0 Å². The van der Waals surface area contributed by atoms with Gasteiger partial charge in [-0.05, 0) is 25.1 Å². The van der Waals surface area contributed by atoms with E-state index in [-0.39, 0.29) is 11.9 Å². The number of nitrogens with zero attached hydrogens (tertiary/aromatic N) is 1. The summed E-state index contributed by atoms with van der Waals surface area (Å²) in [4.78, 5) is 3.53. The zero-order valence-electron chi connectivity index (χ0n) is 9.32. The Labute approximate surface area is 98.3 Å². The number of nitrogens with one attached hydrogen (secondary N) is 1. The minimum absolute atomic E-state index is 0.205. The minimum Gasteiger partial charge on any atom is -0.377 e. The van der Waals surface area contributed by atoms with Crippen LogP contribution in [0.4, 0.5) is 14.5 Å². The van der Waals surface area contributed by atoms with E-state index in [1.165, 1.54) is 18.3 Å². The number of rotatable bonds is 3. The summed E-state index contributed by atoms with van der Waals surface area (Å²) in [6.07, 6.45) is 1.38. The molecule has 0 amide bonds. The summed E-state index contributed by atoms with van der Waals surface area (Å²) in [6, 6.07) is 9.17. The van der Waals surface area contributed by atoms with Gasteiger partial charge in [-0.2, -0.15) is 4.39 Å². The maximum Gasteiger partial charge on any atom is 0.212 e. The number of anilines is 1. The molecule has 1 aromatic carbocycles. The average molecular weight is 234 g/mol. The molecule has 1 unspecified atom stereocenters. The summed E-state index contributed by atoms with van der Waals surface area (Å²) in [5.74, 6) is -0.795. The van der Waals surface area contributed by atoms with E-state index in [0.717, 1.165) is 0 Å². The first-order chi connectivity index (χ1) is 8.16. The highest BCUT2D eigenvalue weighted by molar-refractivity contribution is 5.43. The molecule has 0 bridgehead atoms. The normalized spacial score (nSPS) is 12.2. The molecule has 4 heteroatoms. The van der Waals surface area contributed by atoms with E-state index in [1.54, 1.807) is 24.3 Å². The van der Waals surface area contributed by atoms with Crippen LogP contribution in [0.25, 0.3) is 0 Å². The third kappa shape index (κ3) is 2.78. The lowest BCUT2D eigenvalue weighted by atomic mass is 10.1. The minimum atomic E-state index is -0.533. The molecule has 0 aliphatic heterocycles. The summed E-state index contributed by atoms with van der Waals surface area (Å²) in [5.41, 5.74) is 1.22. The number of hydrogen-bond donors (Lipinski definition) is 1. The van der Waals surface area contributed by atoms with E-state index >= 15 is 0 Å². The number of aromatic nitrogens is 1. The first-order valence-electron chi connectivity index (χ1n) is 5.29. The fourth-order valence-electron chi connectivity index (χ4n) is 1.62. The van der Waals surface area contributed by atoms with Crippen LogP contribution >= 0.6 is 0 Å². The molecule has 1 N–H and O–H groups in total. The van der Waals surface area contributed by atoms with Gasteiger partial charge in [-0.25, -0.2) is 9.37 Å². The highest BCUT2D eigenvalue weighted by Crippen LogP contribution is 2.20. The molecule has 1 heterocycles. The average Bonchev–Trinajstić information content (AvgIpc) is 2.32. The molecule has 0 radical (unpaired) electrons. The molecule has 0 aliphatic carbocycles. The van der Waals surface area contributed by atoms with Crippen LogP contribution in [0.1, 0.15) is 18.5 Å². The molecule has 0 saturated carbocycles. The van der Waals surface area contributed by atoms with Crippen molar-refractivity contribution in [3.63, 3.8) is 0 Å². The number of halogens is 2. The Morgan fingerprint density at radius 1 is 1.12 bits per heavy atom. The number of hydrogen-bond acceptors (Lipinski definition) is 2. The highest BCUT2D eigenvalue weighted by Gasteiger charge is 2.09. The summed E-state index contributed by atoms with van der Waals surface area (Å²) < 4.78 is 26.1. The Kier molecular flexibility index (Phi) is 3.32. The Balaban J connectivity index is 2.14. The number of benzene rings is 1. The van der Waals surface area contributed by atoms with Gasteiger partial charge in [0, 0.05) is 5.56 Å². The molecular weight excluding hydrogens is 222 g/mol. The van der Waals surface area contributed by atoms with Crippen LogP contribution < -0.4 is 5.32 Å². The summed E-state index contributed by atoms with van der Waals surface area (Å²) in [7, 11) is 0. The highest BCUT2D eigenvalue weighted by atomic mass is 19.1. The van der Waals surface area contributed by atoms with Crippen molar-refractivity contribution < 1.29 is 8.78 Å². The number of pyridine rings is 1. The van der Waals surface area contributed by atoms with Crippen molar-refractivity contribution in [1.29, 1.82) is 0 Å². The predicted molar refractivity (Wildman–Crippen MR) is 62.6 cm³/mol. The first-order valence-corrected chi connectivity index (χ1v) is 5.29. The SMILES string of the molecule is CC(Nc1ccc(F)nc1)c1ccccc1F. The Hall–Kier alpha value is -1.97. The van der Waals surface area contributed by atoms with Gasteiger partial charge in [0.15, 0.2) is 0 Å². The van der Waals surface area contributed by atoms with Crippen molar-refractivity contribution in [3.8, 4) is 0 Å². The lowest BCUT2D eigenvalue weighted by Gasteiger charge is -2.15. The lowest BCUT2D eigenvalue weighted by molar-refractivity contribution is 0.583. The van der Waals surface area contributed by atoms with Gasteiger partial charge in [0.2, 0.25) is 5.95 Å². The van der Waals surface area contributed by atoms with Gasteiger partial charge in [-0.15, -0.1) is 0 Å². The summed E-state index contributed by atoms with van der Waals surface area (Å²) in [6.45, 7) is 1.84. The molecule has 17 heavy (non-hydrogen) atoms. The molecule has 1 atom stereocenters. The van der Waals surface area contributed by atoms with Crippen molar-refractivity contribution in [1.82, 2.24) is 4.98 Å². The van der Waals surface area contributed by atoms with Gasteiger partial charge in [0.1, 0.15) is 5.82 Å². The van der Waals surface area contributed by atoms with E-state index < -0.39 is 5.95 Å². The van der Waals surface area contributed by atoms with Crippen molar-refractivity contribution in [3.05, 3.63) is 59.9 Å². The molecule has 0 aliphatic rings. The van der Waals surface area contributed by atoms with Crippen LogP contribution in [-0.2, 0) is 0 Å². The summed E-state index contributed by atoms with van der Waals surface area (Å²) >= 11 is 0. The first kappa shape index (κ1) is 11.5. The maximum atomic E-state index is 13.5. The van der Waals surface area contributed by atoms with Crippen LogP contribution in [0.15, 0.2) is 42.6 Å². The van der Waals surface area contributed by atoms with Crippen LogP contribution in [0.3, 0.4) is 0 Å². The van der Waals surface area contributed by atoms with Gasteiger partial charge in [-0.1, -0.05) is 18.2 Å². The quantitative estimate of drug-likeness (QED) is 0.822. The van der Waals surface area contributed by atoms with Crippen LogP contribution in [-0.4, -0.2) is 4.98 Å². The standard InChI is InChI=1S/C13H12F2N2/c1-9(11-4-2-3-5-12(11)14)17-10-6-7-13(15)16-8-10/h2-9,17H,1H3. The molecule has 2 rings (SSSR count). The second kappa shape index (κ2) is 4.91. The molecule has 0 spiro atoms. The van der Waals surface area contributed by atoms with Gasteiger partial charge in [-0.3, -0.25) is 0 Å².